The van der Waals surface area contributed by atoms with E-state index in [2.05, 4.69) is 16.3 Å². The second-order valence-corrected chi connectivity index (χ2v) is 3.28. The van der Waals surface area contributed by atoms with Gasteiger partial charge < -0.3 is 9.84 Å². The second-order valence-electron chi connectivity index (χ2n) is 3.28. The molecule has 0 aliphatic carbocycles. The van der Waals surface area contributed by atoms with E-state index in [1.165, 1.54) is 13.0 Å². The summed E-state index contributed by atoms with van der Waals surface area (Å²) in [7, 11) is 0. The van der Waals surface area contributed by atoms with Crippen LogP contribution in [-0.2, 0) is 19.1 Å². The Kier molecular flexibility index (Phi) is 5.12. The molecule has 0 spiro atoms. The third-order valence-corrected chi connectivity index (χ3v) is 1.87. The molecule has 0 fully saturated rings. The molecule has 0 saturated heterocycles. The number of aliphatic imine (C=N–C) groups is 1. The van der Waals surface area contributed by atoms with Gasteiger partial charge >= 0.3 is 11.9 Å². The molecular weight excluding hydrogens is 214 g/mol. The number of rotatable bonds is 6. The number of carboxylic acid groups (broad SMARTS) is 1. The van der Waals surface area contributed by atoms with Crippen molar-refractivity contribution in [2.75, 3.05) is 6.61 Å². The maximum absolute atomic E-state index is 11.2. The molecule has 0 aromatic heterocycles. The minimum absolute atomic E-state index is 0.0502. The van der Waals surface area contributed by atoms with Crippen LogP contribution < -0.4 is 0 Å². The van der Waals surface area contributed by atoms with E-state index >= 15 is 0 Å². The van der Waals surface area contributed by atoms with E-state index in [9.17, 15) is 14.4 Å². The highest BCUT2D eigenvalue weighted by Crippen LogP contribution is 2.20. The second kappa shape index (κ2) is 5.82. The SMILES string of the molecule is C=C(CC(C)(N=C=O)C(=O)O)C(=O)OCC. The average molecular weight is 227 g/mol. The van der Waals surface area contributed by atoms with Crippen molar-refractivity contribution in [3.05, 3.63) is 12.2 Å². The van der Waals surface area contributed by atoms with Crippen molar-refractivity contribution in [3.63, 3.8) is 0 Å². The number of carboxylic acids is 1. The van der Waals surface area contributed by atoms with Gasteiger partial charge in [-0.15, -0.1) is 0 Å². The Morgan fingerprint density at radius 3 is 2.50 bits per heavy atom. The highest BCUT2D eigenvalue weighted by molar-refractivity contribution is 5.90. The Hall–Kier alpha value is -1.94. The topological polar surface area (TPSA) is 93.0 Å². The first-order valence-electron chi connectivity index (χ1n) is 4.54. The van der Waals surface area contributed by atoms with Crippen molar-refractivity contribution < 1.29 is 24.2 Å². The fourth-order valence-corrected chi connectivity index (χ4v) is 0.985. The predicted molar refractivity (Wildman–Crippen MR) is 54.6 cm³/mol. The normalized spacial score (nSPS) is 13.1. The molecule has 1 N–H and O–H groups in total. The first kappa shape index (κ1) is 14.1. The number of carbonyl (C=O) groups is 2. The van der Waals surface area contributed by atoms with Gasteiger partial charge in [-0.2, -0.15) is 4.99 Å². The maximum atomic E-state index is 11.2. The summed E-state index contributed by atoms with van der Waals surface area (Å²) >= 11 is 0. The molecule has 0 radical (unpaired) electrons. The molecule has 16 heavy (non-hydrogen) atoms. The van der Waals surface area contributed by atoms with E-state index in [0.29, 0.717) is 0 Å². The lowest BCUT2D eigenvalue weighted by atomic mass is 9.94. The largest absolute Gasteiger partial charge is 0.479 e. The Labute approximate surface area is 92.6 Å². The molecule has 6 heteroatoms. The monoisotopic (exact) mass is 227 g/mol. The van der Waals surface area contributed by atoms with Gasteiger partial charge in [0.1, 0.15) is 0 Å². The van der Waals surface area contributed by atoms with Gasteiger partial charge in [0, 0.05) is 12.0 Å². The number of carbonyl (C=O) groups excluding carboxylic acids is 2. The fraction of sp³-hybridized carbons (Fsp3) is 0.500. The summed E-state index contributed by atoms with van der Waals surface area (Å²) in [6.07, 6.45) is 0.872. The van der Waals surface area contributed by atoms with Crippen LogP contribution in [0.25, 0.3) is 0 Å². The summed E-state index contributed by atoms with van der Waals surface area (Å²) in [6.45, 7) is 6.38. The van der Waals surface area contributed by atoms with E-state index in [-0.39, 0.29) is 18.6 Å². The van der Waals surface area contributed by atoms with Crippen LogP contribution in [0.3, 0.4) is 0 Å². The molecule has 1 atom stereocenters. The minimum Gasteiger partial charge on any atom is -0.479 e. The summed E-state index contributed by atoms with van der Waals surface area (Å²) in [5, 5.41) is 8.86. The van der Waals surface area contributed by atoms with Crippen LogP contribution in [-0.4, -0.2) is 35.3 Å². The highest BCUT2D eigenvalue weighted by atomic mass is 16.5. The standard InChI is InChI=1S/C10H13NO5/c1-4-16-8(13)7(2)5-10(3,9(14)15)11-6-12/h2,4-5H2,1,3H3,(H,14,15). The van der Waals surface area contributed by atoms with E-state index in [1.54, 1.807) is 6.92 Å². The molecule has 1 unspecified atom stereocenters. The zero-order valence-electron chi connectivity index (χ0n) is 9.15. The highest BCUT2D eigenvalue weighted by Gasteiger charge is 2.35. The number of isocyanates is 1. The van der Waals surface area contributed by atoms with Crippen LogP contribution in [0.4, 0.5) is 0 Å². The summed E-state index contributed by atoms with van der Waals surface area (Å²) in [6, 6.07) is 0. The van der Waals surface area contributed by atoms with Gasteiger partial charge in [0.05, 0.1) is 6.61 Å². The van der Waals surface area contributed by atoms with Gasteiger partial charge in [-0.3, -0.25) is 0 Å². The first-order chi connectivity index (χ1) is 7.37. The van der Waals surface area contributed by atoms with Crippen LogP contribution in [0.15, 0.2) is 17.1 Å². The molecule has 0 heterocycles. The molecule has 0 aromatic carbocycles. The van der Waals surface area contributed by atoms with Crippen molar-refractivity contribution >= 4 is 18.0 Å². The zero-order valence-corrected chi connectivity index (χ0v) is 9.15. The first-order valence-corrected chi connectivity index (χ1v) is 4.54. The molecule has 0 aliphatic rings. The molecule has 88 valence electrons. The number of aliphatic carboxylic acids is 1. The van der Waals surface area contributed by atoms with Crippen LogP contribution in [0.2, 0.25) is 0 Å². The van der Waals surface area contributed by atoms with Crippen molar-refractivity contribution in [2.24, 2.45) is 4.99 Å². The summed E-state index contributed by atoms with van der Waals surface area (Å²) < 4.78 is 4.64. The van der Waals surface area contributed by atoms with Gasteiger partial charge in [0.25, 0.3) is 0 Å². The summed E-state index contributed by atoms with van der Waals surface area (Å²) in [5.74, 6) is -2.03. The fourth-order valence-electron chi connectivity index (χ4n) is 0.985. The van der Waals surface area contributed by atoms with Crippen molar-refractivity contribution in [3.8, 4) is 0 Å². The molecule has 0 bridgehead atoms. The molecule has 0 rings (SSSR count). The molecule has 6 nitrogen and oxygen atoms in total. The van der Waals surface area contributed by atoms with Gasteiger partial charge in [0.15, 0.2) is 5.54 Å². The van der Waals surface area contributed by atoms with E-state index < -0.39 is 17.5 Å². The van der Waals surface area contributed by atoms with Crippen LogP contribution >= 0.6 is 0 Å². The molecule has 0 amide bonds. The number of hydrogen-bond donors (Lipinski definition) is 1. The van der Waals surface area contributed by atoms with Gasteiger partial charge in [-0.1, -0.05) is 6.58 Å². The lowest BCUT2D eigenvalue weighted by Gasteiger charge is -2.18. The van der Waals surface area contributed by atoms with Gasteiger partial charge in [-0.05, 0) is 13.8 Å². The number of nitrogens with zero attached hydrogens (tertiary/aromatic N) is 1. The van der Waals surface area contributed by atoms with E-state index in [4.69, 9.17) is 5.11 Å². The molecule has 0 saturated carbocycles. The van der Waals surface area contributed by atoms with Crippen LogP contribution in [0, 0.1) is 0 Å². The zero-order chi connectivity index (χ0) is 12.8. The summed E-state index contributed by atoms with van der Waals surface area (Å²) in [4.78, 5) is 35.3. The lowest BCUT2D eigenvalue weighted by Crippen LogP contribution is -2.34. The quantitative estimate of drug-likeness (QED) is 0.311. The smallest absolute Gasteiger partial charge is 0.333 e. The van der Waals surface area contributed by atoms with Crippen molar-refractivity contribution in [2.45, 2.75) is 25.8 Å². The average Bonchev–Trinajstić information content (AvgIpc) is 2.18. The molecule has 0 aliphatic heterocycles. The molecule has 0 aromatic rings. The molecular formula is C10H13NO5. The Morgan fingerprint density at radius 2 is 2.12 bits per heavy atom. The number of esters is 1. The number of hydrogen-bond acceptors (Lipinski definition) is 5. The van der Waals surface area contributed by atoms with Gasteiger partial charge in [0.2, 0.25) is 6.08 Å². The van der Waals surface area contributed by atoms with Gasteiger partial charge in [-0.25, -0.2) is 14.4 Å². The third kappa shape index (κ3) is 3.67. The Bertz CT molecular complexity index is 352. The van der Waals surface area contributed by atoms with Crippen LogP contribution in [0.5, 0.6) is 0 Å². The third-order valence-electron chi connectivity index (χ3n) is 1.87. The maximum Gasteiger partial charge on any atom is 0.333 e. The van der Waals surface area contributed by atoms with E-state index in [1.807, 2.05) is 0 Å². The Balaban J connectivity index is 4.78. The Morgan fingerprint density at radius 1 is 1.56 bits per heavy atom. The number of ether oxygens (including phenoxy) is 1. The van der Waals surface area contributed by atoms with Crippen molar-refractivity contribution in [1.82, 2.24) is 0 Å². The van der Waals surface area contributed by atoms with E-state index in [0.717, 1.165) is 0 Å². The minimum atomic E-state index is -1.73. The van der Waals surface area contributed by atoms with Crippen LogP contribution in [0.1, 0.15) is 20.3 Å². The summed E-state index contributed by atoms with van der Waals surface area (Å²) in [5.41, 5.74) is -1.78. The lowest BCUT2D eigenvalue weighted by molar-refractivity contribution is -0.143. The predicted octanol–water partition coefficient (Wildman–Crippen LogP) is 0.675. The van der Waals surface area contributed by atoms with Crippen molar-refractivity contribution in [1.29, 1.82) is 0 Å².